The van der Waals surface area contributed by atoms with Gasteiger partial charge in [0.05, 0.1) is 17.9 Å². The van der Waals surface area contributed by atoms with E-state index in [2.05, 4.69) is 37.9 Å². The van der Waals surface area contributed by atoms with Crippen LogP contribution < -0.4 is 0 Å². The molecule has 1 aliphatic heterocycles. The van der Waals surface area contributed by atoms with Crippen LogP contribution in [0.4, 0.5) is 8.78 Å². The molecule has 4 heterocycles. The number of hydrogen-bond donors (Lipinski definition) is 0. The van der Waals surface area contributed by atoms with Crippen molar-refractivity contribution in [2.24, 2.45) is 0 Å². The first-order chi connectivity index (χ1) is 15.6. The second-order valence-electron chi connectivity index (χ2n) is 8.26. The van der Waals surface area contributed by atoms with E-state index in [0.717, 1.165) is 66.4 Å². The number of hydrogen-bond acceptors (Lipinski definition) is 4. The lowest BCUT2D eigenvalue weighted by molar-refractivity contribution is 0.212. The highest BCUT2D eigenvalue weighted by Crippen LogP contribution is 2.30. The molecular formula is C25H24ClF2N5. The zero-order valence-corrected chi connectivity index (χ0v) is 19.0. The van der Waals surface area contributed by atoms with Crippen LogP contribution in [0, 0.1) is 11.6 Å². The Kier molecular flexibility index (Phi) is 6.81. The summed E-state index contributed by atoms with van der Waals surface area (Å²) in [6.45, 7) is 2.15. The molecule has 0 N–H and O–H groups in total. The third-order valence-electron chi connectivity index (χ3n) is 6.03. The number of aromatic nitrogens is 4. The van der Waals surface area contributed by atoms with Crippen LogP contribution in [-0.2, 0) is 0 Å². The molecule has 170 valence electrons. The van der Waals surface area contributed by atoms with E-state index in [1.54, 1.807) is 18.5 Å². The summed E-state index contributed by atoms with van der Waals surface area (Å²) in [7, 11) is 2.15. The fourth-order valence-corrected chi connectivity index (χ4v) is 4.15. The first-order valence-corrected chi connectivity index (χ1v) is 10.7. The second-order valence-corrected chi connectivity index (χ2v) is 8.26. The van der Waals surface area contributed by atoms with Crippen LogP contribution in [0.2, 0.25) is 0 Å². The van der Waals surface area contributed by atoms with Crippen LogP contribution in [0.1, 0.15) is 18.9 Å². The van der Waals surface area contributed by atoms with Gasteiger partial charge < -0.3 is 4.90 Å². The number of halogens is 3. The van der Waals surface area contributed by atoms with Crippen LogP contribution in [0.15, 0.2) is 67.4 Å². The monoisotopic (exact) mass is 467 g/mol. The maximum Gasteiger partial charge on any atom is 0.132 e. The van der Waals surface area contributed by atoms with Crippen molar-refractivity contribution in [1.29, 1.82) is 0 Å². The molecule has 0 saturated carbocycles. The molecule has 5 nitrogen and oxygen atoms in total. The minimum Gasteiger partial charge on any atom is -0.306 e. The number of nitrogens with zero attached hydrogens (tertiary/aromatic N) is 5. The third-order valence-corrected chi connectivity index (χ3v) is 6.03. The fourth-order valence-electron chi connectivity index (χ4n) is 4.15. The minimum absolute atomic E-state index is 0. The van der Waals surface area contributed by atoms with Gasteiger partial charge in [-0.1, -0.05) is 0 Å². The fraction of sp³-hybridized carbons (Fsp3) is 0.240. The topological polar surface area (TPSA) is 46.8 Å². The number of likely N-dealkylation sites (tertiary alicyclic amines) is 1. The summed E-state index contributed by atoms with van der Waals surface area (Å²) in [4.78, 5) is 11.0. The molecule has 33 heavy (non-hydrogen) atoms. The molecular weight excluding hydrogens is 444 g/mol. The highest BCUT2D eigenvalue weighted by molar-refractivity contribution is 5.85. The van der Waals surface area contributed by atoms with Gasteiger partial charge in [-0.25, -0.2) is 8.78 Å². The molecule has 5 rings (SSSR count). The molecule has 3 aromatic heterocycles. The molecule has 8 heteroatoms. The third kappa shape index (κ3) is 4.94. The predicted molar refractivity (Wildman–Crippen MR) is 127 cm³/mol. The number of benzene rings is 1. The average Bonchev–Trinajstić information content (AvgIpc) is 3.32. The van der Waals surface area contributed by atoms with Crippen molar-refractivity contribution in [1.82, 2.24) is 24.6 Å². The van der Waals surface area contributed by atoms with E-state index in [9.17, 15) is 8.78 Å². The summed E-state index contributed by atoms with van der Waals surface area (Å²) in [6.07, 6.45) is 11.3. The van der Waals surface area contributed by atoms with Crippen LogP contribution in [0.25, 0.3) is 33.5 Å². The quantitative estimate of drug-likeness (QED) is 0.389. The lowest BCUT2D eigenvalue weighted by Crippen LogP contribution is -2.31. The molecule has 4 aromatic rings. The van der Waals surface area contributed by atoms with Crippen molar-refractivity contribution in [3.8, 4) is 33.5 Å². The van der Waals surface area contributed by atoms with Crippen molar-refractivity contribution in [2.45, 2.75) is 18.9 Å². The van der Waals surface area contributed by atoms with Gasteiger partial charge in [0.1, 0.15) is 11.6 Å². The summed E-state index contributed by atoms with van der Waals surface area (Å²) in [5.41, 5.74) is 4.17. The van der Waals surface area contributed by atoms with E-state index < -0.39 is 11.6 Å². The van der Waals surface area contributed by atoms with E-state index in [4.69, 9.17) is 0 Å². The number of rotatable bonds is 4. The van der Waals surface area contributed by atoms with Crippen molar-refractivity contribution in [3.05, 3.63) is 79.0 Å². The summed E-state index contributed by atoms with van der Waals surface area (Å²) in [6, 6.07) is 9.41. The van der Waals surface area contributed by atoms with Crippen molar-refractivity contribution in [3.63, 3.8) is 0 Å². The zero-order chi connectivity index (χ0) is 22.1. The molecule has 0 amide bonds. The number of pyridine rings is 2. The van der Waals surface area contributed by atoms with Crippen LogP contribution >= 0.6 is 12.4 Å². The normalized spacial score (nSPS) is 14.8. The Bertz CT molecular complexity index is 1250. The predicted octanol–water partition coefficient (Wildman–Crippen LogP) is 5.64. The first-order valence-electron chi connectivity index (χ1n) is 10.7. The van der Waals surface area contributed by atoms with Gasteiger partial charge in [0, 0.05) is 47.0 Å². The first kappa shape index (κ1) is 23.0. The Morgan fingerprint density at radius 2 is 1.64 bits per heavy atom. The second kappa shape index (κ2) is 9.77. The molecule has 0 aliphatic carbocycles. The Balaban J connectivity index is 0.00000259. The standard InChI is InChI=1S/C25H23F2N5.ClH/c1-31-8-5-22(6-9-31)32-16-20(15-30-32)19-10-18(13-28-14-19)17-4-7-29-25(11-17)23-12-21(26)2-3-24(23)27;/h2-4,7,10-16,22H,5-6,8-9H2,1H3;1H. The van der Waals surface area contributed by atoms with Gasteiger partial charge in [-0.15, -0.1) is 12.4 Å². The van der Waals surface area contributed by atoms with Crippen molar-refractivity contribution >= 4 is 12.4 Å². The Labute approximate surface area is 197 Å². The van der Waals surface area contributed by atoms with Gasteiger partial charge in [0.25, 0.3) is 0 Å². The van der Waals surface area contributed by atoms with E-state index >= 15 is 0 Å². The average molecular weight is 468 g/mol. The molecule has 1 aromatic carbocycles. The van der Waals surface area contributed by atoms with Crippen LogP contribution in [0.5, 0.6) is 0 Å². The molecule has 0 spiro atoms. The molecule has 1 fully saturated rings. The van der Waals surface area contributed by atoms with E-state index in [1.165, 1.54) is 0 Å². The zero-order valence-electron chi connectivity index (χ0n) is 18.2. The highest BCUT2D eigenvalue weighted by atomic mass is 35.5. The van der Waals surface area contributed by atoms with Crippen LogP contribution in [0.3, 0.4) is 0 Å². The maximum atomic E-state index is 14.2. The smallest absolute Gasteiger partial charge is 0.132 e. The van der Waals surface area contributed by atoms with Gasteiger partial charge in [0.15, 0.2) is 0 Å². The van der Waals surface area contributed by atoms with E-state index in [1.807, 2.05) is 24.5 Å². The maximum absolute atomic E-state index is 14.2. The number of piperidine rings is 1. The van der Waals surface area contributed by atoms with Gasteiger partial charge in [0.2, 0.25) is 0 Å². The molecule has 0 radical (unpaired) electrons. The van der Waals surface area contributed by atoms with Crippen LogP contribution in [-0.4, -0.2) is 44.8 Å². The summed E-state index contributed by atoms with van der Waals surface area (Å²) < 4.78 is 29.9. The summed E-state index contributed by atoms with van der Waals surface area (Å²) >= 11 is 0. The molecule has 0 unspecified atom stereocenters. The summed E-state index contributed by atoms with van der Waals surface area (Å²) in [5, 5.41) is 4.60. The Hall–Kier alpha value is -3.16. The van der Waals surface area contributed by atoms with E-state index in [-0.39, 0.29) is 18.0 Å². The SMILES string of the molecule is CN1CCC(n2cc(-c3cncc(-c4ccnc(-c5cc(F)ccc5F)c4)c3)cn2)CC1.Cl. The van der Waals surface area contributed by atoms with Crippen molar-refractivity contribution in [2.75, 3.05) is 20.1 Å². The Morgan fingerprint density at radius 3 is 2.42 bits per heavy atom. The molecule has 0 atom stereocenters. The summed E-state index contributed by atoms with van der Waals surface area (Å²) in [5.74, 6) is -1.01. The molecule has 1 saturated heterocycles. The van der Waals surface area contributed by atoms with Gasteiger partial charge in [-0.2, -0.15) is 5.10 Å². The van der Waals surface area contributed by atoms with Gasteiger partial charge >= 0.3 is 0 Å². The molecule has 1 aliphatic rings. The van der Waals surface area contributed by atoms with Crippen molar-refractivity contribution < 1.29 is 8.78 Å². The van der Waals surface area contributed by atoms with Gasteiger partial charge in [-0.05, 0) is 74.9 Å². The molecule has 0 bridgehead atoms. The lowest BCUT2D eigenvalue weighted by Gasteiger charge is -2.28. The minimum atomic E-state index is -0.510. The largest absolute Gasteiger partial charge is 0.306 e. The Morgan fingerprint density at radius 1 is 0.879 bits per heavy atom. The van der Waals surface area contributed by atoms with E-state index in [0.29, 0.717) is 11.7 Å². The van der Waals surface area contributed by atoms with Gasteiger partial charge in [-0.3, -0.25) is 14.6 Å². The highest BCUT2D eigenvalue weighted by Gasteiger charge is 2.19. The lowest BCUT2D eigenvalue weighted by atomic mass is 10.0.